The van der Waals surface area contributed by atoms with Crippen molar-refractivity contribution >= 4 is 8.46 Å². The fourth-order valence-corrected chi connectivity index (χ4v) is 2.88. The van der Waals surface area contributed by atoms with Crippen molar-refractivity contribution in [2.75, 3.05) is 0 Å². The molecule has 0 aliphatic carbocycles. The fourth-order valence-electron chi connectivity index (χ4n) is 2.37. The second-order valence-corrected chi connectivity index (χ2v) is 6.11. The lowest BCUT2D eigenvalue weighted by molar-refractivity contribution is 0.189. The van der Waals surface area contributed by atoms with Crippen molar-refractivity contribution in [2.24, 2.45) is 0 Å². The zero-order valence-corrected chi connectivity index (χ0v) is 12.9. The van der Waals surface area contributed by atoms with E-state index in [4.69, 9.17) is 0 Å². The van der Waals surface area contributed by atoms with Gasteiger partial charge < -0.3 is 5.11 Å². The Bertz CT molecular complexity index is 542. The molecule has 2 aromatic rings. The number of hydrogen-bond acceptors (Lipinski definition) is 2. The van der Waals surface area contributed by atoms with Gasteiger partial charge in [-0.15, -0.1) is 0 Å². The highest BCUT2D eigenvalue weighted by Gasteiger charge is 2.37. The number of aryl methyl sites for hydroxylation is 2. The second-order valence-electron chi connectivity index (χ2n) is 5.41. The molecule has 0 spiro atoms. The number of rotatable bonds is 4. The van der Waals surface area contributed by atoms with Crippen molar-refractivity contribution in [1.82, 2.24) is 0 Å². The molecule has 2 rings (SSSR count). The first-order valence-electron chi connectivity index (χ1n) is 6.63. The maximum absolute atomic E-state index is 11.3. The van der Waals surface area contributed by atoms with Gasteiger partial charge in [-0.25, -0.2) is 0 Å². The molecular weight excluding hydrogens is 267 g/mol. The minimum absolute atomic E-state index is 0.265. The van der Waals surface area contributed by atoms with E-state index in [1.807, 2.05) is 69.3 Å². The summed E-state index contributed by atoms with van der Waals surface area (Å²) < 4.78 is 11.3. The highest BCUT2D eigenvalue weighted by atomic mass is 31.1. The third-order valence-electron chi connectivity index (χ3n) is 3.92. The highest BCUT2D eigenvalue weighted by molar-refractivity contribution is 7.24. The molecule has 0 aliphatic heterocycles. The van der Waals surface area contributed by atoms with Crippen LogP contribution in [0.3, 0.4) is 0 Å². The molecule has 0 saturated heterocycles. The lowest BCUT2D eigenvalue weighted by Gasteiger charge is -2.32. The fraction of sp³-hybridized carbons (Fsp3) is 0.294. The monoisotopic (exact) mass is 286 g/mol. The zero-order valence-electron chi connectivity index (χ0n) is 12.0. The van der Waals surface area contributed by atoms with Gasteiger partial charge >= 0.3 is 0 Å². The van der Waals surface area contributed by atoms with Gasteiger partial charge in [0.15, 0.2) is 8.46 Å². The van der Waals surface area contributed by atoms with Crippen LogP contribution in [0.2, 0.25) is 0 Å². The SMILES string of the molecule is Cc1ccc(C(C)(c2ccc(C)cc2)C(O)P=O)cc1. The summed E-state index contributed by atoms with van der Waals surface area (Å²) in [5.41, 5.74) is 3.55. The molecule has 1 N–H and O–H groups in total. The first-order valence-corrected chi connectivity index (χ1v) is 7.51. The molecule has 0 heterocycles. The van der Waals surface area contributed by atoms with Gasteiger partial charge in [-0.05, 0) is 31.9 Å². The first-order chi connectivity index (χ1) is 9.48. The standard InChI is InChI=1S/C17H19O2P/c1-12-4-8-14(9-5-12)17(3,16(18)20-19)15-10-6-13(2)7-11-15/h4-11,16,18H,1-3H3. The van der Waals surface area contributed by atoms with E-state index in [0.29, 0.717) is 0 Å². The Balaban J connectivity index is 2.58. The van der Waals surface area contributed by atoms with Crippen LogP contribution in [0.4, 0.5) is 0 Å². The van der Waals surface area contributed by atoms with Crippen molar-refractivity contribution in [3.63, 3.8) is 0 Å². The third-order valence-corrected chi connectivity index (χ3v) is 4.63. The van der Waals surface area contributed by atoms with Crippen molar-refractivity contribution in [1.29, 1.82) is 0 Å². The second kappa shape index (κ2) is 5.87. The van der Waals surface area contributed by atoms with Crippen LogP contribution >= 0.6 is 8.46 Å². The predicted molar refractivity (Wildman–Crippen MR) is 82.4 cm³/mol. The molecule has 0 aromatic heterocycles. The Morgan fingerprint density at radius 1 is 0.900 bits per heavy atom. The minimum Gasteiger partial charge on any atom is -0.380 e. The average Bonchev–Trinajstić information content (AvgIpc) is 2.47. The Labute approximate surface area is 121 Å². The van der Waals surface area contributed by atoms with E-state index in [2.05, 4.69) is 0 Å². The van der Waals surface area contributed by atoms with Gasteiger partial charge in [0.25, 0.3) is 0 Å². The van der Waals surface area contributed by atoms with E-state index in [0.717, 1.165) is 22.3 Å². The maximum Gasteiger partial charge on any atom is 0.188 e. The molecule has 0 bridgehead atoms. The topological polar surface area (TPSA) is 37.3 Å². The molecule has 0 radical (unpaired) electrons. The van der Waals surface area contributed by atoms with E-state index in [9.17, 15) is 9.67 Å². The van der Waals surface area contributed by atoms with Crippen LogP contribution in [0.25, 0.3) is 0 Å². The summed E-state index contributed by atoms with van der Waals surface area (Å²) in [6.45, 7) is 5.97. The van der Waals surface area contributed by atoms with E-state index in [-0.39, 0.29) is 8.46 Å². The Morgan fingerprint density at radius 2 is 1.25 bits per heavy atom. The van der Waals surface area contributed by atoms with Crippen LogP contribution in [0.5, 0.6) is 0 Å². The van der Waals surface area contributed by atoms with Gasteiger partial charge in [0, 0.05) is 0 Å². The van der Waals surface area contributed by atoms with Crippen molar-refractivity contribution < 1.29 is 9.67 Å². The number of aliphatic hydroxyl groups excluding tert-OH is 1. The third kappa shape index (κ3) is 2.67. The first kappa shape index (κ1) is 14.9. The average molecular weight is 286 g/mol. The van der Waals surface area contributed by atoms with Gasteiger partial charge in [-0.1, -0.05) is 59.7 Å². The van der Waals surface area contributed by atoms with Gasteiger partial charge in [0.1, 0.15) is 5.85 Å². The van der Waals surface area contributed by atoms with Crippen LogP contribution in [0.15, 0.2) is 48.5 Å². The summed E-state index contributed by atoms with van der Waals surface area (Å²) in [5.74, 6) is -0.979. The summed E-state index contributed by atoms with van der Waals surface area (Å²) >= 11 is 0. The maximum atomic E-state index is 11.3. The number of benzene rings is 2. The van der Waals surface area contributed by atoms with E-state index < -0.39 is 11.3 Å². The highest BCUT2D eigenvalue weighted by Crippen LogP contribution is 2.39. The molecular formula is C17H19O2P. The predicted octanol–water partition coefficient (Wildman–Crippen LogP) is 4.22. The summed E-state index contributed by atoms with van der Waals surface area (Å²) in [6, 6.07) is 16.0. The van der Waals surface area contributed by atoms with Crippen molar-refractivity contribution in [3.05, 3.63) is 70.8 Å². The summed E-state index contributed by atoms with van der Waals surface area (Å²) in [7, 11) is -0.265. The molecule has 20 heavy (non-hydrogen) atoms. The van der Waals surface area contributed by atoms with Gasteiger partial charge in [-0.2, -0.15) is 0 Å². The molecule has 1 unspecified atom stereocenters. The Hall–Kier alpha value is -1.50. The molecule has 0 aliphatic rings. The number of hydrogen-bond donors (Lipinski definition) is 1. The van der Waals surface area contributed by atoms with Crippen LogP contribution < -0.4 is 0 Å². The van der Waals surface area contributed by atoms with E-state index >= 15 is 0 Å². The quantitative estimate of drug-likeness (QED) is 0.854. The lowest BCUT2D eigenvalue weighted by Crippen LogP contribution is -2.34. The van der Waals surface area contributed by atoms with Crippen LogP contribution in [-0.4, -0.2) is 11.0 Å². The molecule has 1 atom stereocenters. The normalized spacial score (nSPS) is 13.4. The molecule has 3 heteroatoms. The summed E-state index contributed by atoms with van der Waals surface area (Å²) in [5, 5.41) is 10.3. The smallest absolute Gasteiger partial charge is 0.188 e. The Kier molecular flexibility index (Phi) is 4.37. The van der Waals surface area contributed by atoms with E-state index in [1.165, 1.54) is 0 Å². The molecule has 0 fully saturated rings. The molecule has 0 amide bonds. The lowest BCUT2D eigenvalue weighted by atomic mass is 9.76. The van der Waals surface area contributed by atoms with Crippen LogP contribution in [0, 0.1) is 13.8 Å². The van der Waals surface area contributed by atoms with Gasteiger partial charge in [0.2, 0.25) is 0 Å². The van der Waals surface area contributed by atoms with Gasteiger partial charge in [-0.3, -0.25) is 4.57 Å². The molecule has 2 nitrogen and oxygen atoms in total. The largest absolute Gasteiger partial charge is 0.380 e. The summed E-state index contributed by atoms with van der Waals surface area (Å²) in [6.07, 6.45) is 0. The van der Waals surface area contributed by atoms with Crippen molar-refractivity contribution in [2.45, 2.75) is 32.0 Å². The molecule has 0 saturated carbocycles. The minimum atomic E-state index is -0.979. The van der Waals surface area contributed by atoms with Crippen molar-refractivity contribution in [3.8, 4) is 0 Å². The van der Waals surface area contributed by atoms with Crippen LogP contribution in [0.1, 0.15) is 29.2 Å². The Morgan fingerprint density at radius 3 is 1.55 bits per heavy atom. The zero-order chi connectivity index (χ0) is 14.8. The molecule has 104 valence electrons. The van der Waals surface area contributed by atoms with Crippen LogP contribution in [-0.2, 0) is 9.98 Å². The summed E-state index contributed by atoms with van der Waals surface area (Å²) in [4.78, 5) is 0. The van der Waals surface area contributed by atoms with Gasteiger partial charge in [0.05, 0.1) is 5.41 Å². The number of aliphatic hydroxyl groups is 1. The van der Waals surface area contributed by atoms with E-state index in [1.54, 1.807) is 0 Å². The molecule has 2 aromatic carbocycles.